The molecule has 0 saturated heterocycles. The number of nitrogens with one attached hydrogen (secondary N) is 1. The Bertz CT molecular complexity index is 943. The first kappa shape index (κ1) is 17.9. The number of nitrogens with zero attached hydrogens (tertiary/aromatic N) is 1. The minimum atomic E-state index is -0.214. The maximum atomic E-state index is 12.5. The molecule has 0 radical (unpaired) electrons. The molecule has 1 N–H and O–H groups in total. The molecule has 1 aliphatic heterocycles. The smallest absolute Gasteiger partial charge is 0.239 e. The number of fused-ring (bicyclic) bond motifs is 1. The third-order valence-electron chi connectivity index (χ3n) is 4.00. The van der Waals surface area contributed by atoms with Crippen molar-refractivity contribution in [2.24, 2.45) is 0 Å². The summed E-state index contributed by atoms with van der Waals surface area (Å²) in [6.45, 7) is 3.01. The van der Waals surface area contributed by atoms with Crippen molar-refractivity contribution < 1.29 is 14.3 Å². The van der Waals surface area contributed by atoms with Crippen LogP contribution in [0.1, 0.15) is 6.92 Å². The summed E-state index contributed by atoms with van der Waals surface area (Å²) < 4.78 is 11.2. The molecule has 3 aromatic rings. The van der Waals surface area contributed by atoms with E-state index in [4.69, 9.17) is 9.47 Å². The first-order valence-electron chi connectivity index (χ1n) is 8.57. The second-order valence-electron chi connectivity index (χ2n) is 5.96. The Morgan fingerprint density at radius 3 is 2.74 bits per heavy atom. The molecule has 0 fully saturated rings. The van der Waals surface area contributed by atoms with Crippen molar-refractivity contribution in [1.29, 1.82) is 0 Å². The molecule has 7 heteroatoms. The van der Waals surface area contributed by atoms with Gasteiger partial charge in [-0.15, -0.1) is 23.1 Å². The van der Waals surface area contributed by atoms with Crippen LogP contribution < -0.4 is 14.8 Å². The fraction of sp³-hybridized carbons (Fsp3) is 0.200. The number of carbonyl (C=O) groups excluding carboxylic acids is 1. The second kappa shape index (κ2) is 8.02. The monoisotopic (exact) mass is 398 g/mol. The van der Waals surface area contributed by atoms with Crippen molar-refractivity contribution in [3.8, 4) is 22.8 Å². The summed E-state index contributed by atoms with van der Waals surface area (Å²) in [4.78, 5) is 18.1. The highest BCUT2D eigenvalue weighted by Gasteiger charge is 2.17. The number of hydrogen-bond donors (Lipinski definition) is 1. The molecule has 1 unspecified atom stereocenters. The van der Waals surface area contributed by atoms with Crippen LogP contribution in [0.2, 0.25) is 0 Å². The summed E-state index contributed by atoms with van der Waals surface area (Å²) >= 11 is 2.93. The molecule has 0 bridgehead atoms. The number of amides is 1. The van der Waals surface area contributed by atoms with Crippen LogP contribution in [-0.4, -0.2) is 29.4 Å². The van der Waals surface area contributed by atoms with Gasteiger partial charge in [-0.2, -0.15) is 0 Å². The van der Waals surface area contributed by atoms with E-state index in [-0.39, 0.29) is 11.2 Å². The molecule has 1 atom stereocenters. The van der Waals surface area contributed by atoms with E-state index in [0.29, 0.717) is 18.3 Å². The zero-order chi connectivity index (χ0) is 18.6. The highest BCUT2D eigenvalue weighted by atomic mass is 32.2. The predicted octanol–water partition coefficient (Wildman–Crippen LogP) is 4.70. The van der Waals surface area contributed by atoms with Crippen LogP contribution >= 0.6 is 23.1 Å². The first-order valence-corrected chi connectivity index (χ1v) is 10.3. The molecule has 0 spiro atoms. The fourth-order valence-electron chi connectivity index (χ4n) is 2.63. The molecule has 0 aliphatic carbocycles. The van der Waals surface area contributed by atoms with Crippen LogP contribution in [-0.2, 0) is 4.79 Å². The van der Waals surface area contributed by atoms with Crippen LogP contribution in [0, 0.1) is 0 Å². The largest absolute Gasteiger partial charge is 0.486 e. The number of anilines is 1. The molecule has 2 aromatic carbocycles. The van der Waals surface area contributed by atoms with Gasteiger partial charge < -0.3 is 14.8 Å². The van der Waals surface area contributed by atoms with Gasteiger partial charge in [-0.3, -0.25) is 4.79 Å². The summed E-state index contributed by atoms with van der Waals surface area (Å²) in [7, 11) is 0. The van der Waals surface area contributed by atoms with E-state index in [1.165, 1.54) is 23.1 Å². The van der Waals surface area contributed by atoms with Crippen molar-refractivity contribution >= 4 is 34.1 Å². The van der Waals surface area contributed by atoms with Crippen molar-refractivity contribution in [2.45, 2.75) is 17.1 Å². The second-order valence-corrected chi connectivity index (χ2v) is 8.23. The molecule has 0 saturated carbocycles. The summed E-state index contributed by atoms with van der Waals surface area (Å²) in [6, 6.07) is 15.6. The molecule has 2 heterocycles. The Balaban J connectivity index is 1.42. The van der Waals surface area contributed by atoms with E-state index in [1.807, 2.05) is 60.8 Å². The van der Waals surface area contributed by atoms with Crippen molar-refractivity contribution in [3.63, 3.8) is 0 Å². The highest BCUT2D eigenvalue weighted by molar-refractivity contribution is 8.00. The Kier molecular flexibility index (Phi) is 5.31. The quantitative estimate of drug-likeness (QED) is 0.631. The van der Waals surface area contributed by atoms with Gasteiger partial charge in [0.25, 0.3) is 0 Å². The Morgan fingerprint density at radius 2 is 1.93 bits per heavy atom. The van der Waals surface area contributed by atoms with Crippen LogP contribution in [0.4, 0.5) is 5.13 Å². The van der Waals surface area contributed by atoms with Crippen LogP contribution in [0.25, 0.3) is 11.3 Å². The molecule has 5 nitrogen and oxygen atoms in total. The Hall–Kier alpha value is -2.51. The predicted molar refractivity (Wildman–Crippen MR) is 109 cm³/mol. The third kappa shape index (κ3) is 4.26. The van der Waals surface area contributed by atoms with Gasteiger partial charge in [-0.25, -0.2) is 4.98 Å². The average Bonchev–Trinajstić information content (AvgIpc) is 3.17. The number of hydrogen-bond acceptors (Lipinski definition) is 6. The van der Waals surface area contributed by atoms with Crippen molar-refractivity contribution in [1.82, 2.24) is 4.98 Å². The normalized spacial score (nSPS) is 13.8. The maximum absolute atomic E-state index is 12.5. The summed E-state index contributed by atoms with van der Waals surface area (Å²) in [5.74, 6) is 1.41. The zero-order valence-electron chi connectivity index (χ0n) is 14.7. The molecule has 4 rings (SSSR count). The van der Waals surface area contributed by atoms with E-state index in [0.717, 1.165) is 27.7 Å². The number of thiazole rings is 1. The molecule has 138 valence electrons. The van der Waals surface area contributed by atoms with Crippen LogP contribution in [0.15, 0.2) is 58.8 Å². The lowest BCUT2D eigenvalue weighted by molar-refractivity contribution is -0.115. The van der Waals surface area contributed by atoms with Crippen molar-refractivity contribution in [3.05, 3.63) is 53.9 Å². The fourth-order valence-corrected chi connectivity index (χ4v) is 4.24. The standard InChI is InChI=1S/C20H18N2O3S2/c1-13(27-15-5-3-2-4-6-15)19(23)22-20-21-16(12-26-20)14-7-8-17-18(11-14)25-10-9-24-17/h2-8,11-13H,9-10H2,1H3,(H,21,22,23). The van der Waals surface area contributed by atoms with Gasteiger partial charge in [-0.05, 0) is 37.3 Å². The maximum Gasteiger partial charge on any atom is 0.239 e. The summed E-state index contributed by atoms with van der Waals surface area (Å²) in [5, 5.41) is 5.21. The van der Waals surface area contributed by atoms with Crippen LogP contribution in [0.3, 0.4) is 0 Å². The van der Waals surface area contributed by atoms with Crippen molar-refractivity contribution in [2.75, 3.05) is 18.5 Å². The third-order valence-corrected chi connectivity index (χ3v) is 5.87. The van der Waals surface area contributed by atoms with Gasteiger partial charge >= 0.3 is 0 Å². The van der Waals surface area contributed by atoms with E-state index >= 15 is 0 Å². The lowest BCUT2D eigenvalue weighted by Gasteiger charge is -2.18. The van der Waals surface area contributed by atoms with Crippen LogP contribution in [0.5, 0.6) is 11.5 Å². The van der Waals surface area contributed by atoms with E-state index < -0.39 is 0 Å². The van der Waals surface area contributed by atoms with Gasteiger partial charge in [0.05, 0.1) is 10.9 Å². The number of thioether (sulfide) groups is 1. The summed E-state index contributed by atoms with van der Waals surface area (Å²) in [6.07, 6.45) is 0. The van der Waals surface area contributed by atoms with Gasteiger partial charge in [0, 0.05) is 15.8 Å². The molecule has 1 amide bonds. The molecular weight excluding hydrogens is 380 g/mol. The van der Waals surface area contributed by atoms with Gasteiger partial charge in [0.2, 0.25) is 5.91 Å². The molecular formula is C20H18N2O3S2. The first-order chi connectivity index (χ1) is 13.2. The van der Waals surface area contributed by atoms with Gasteiger partial charge in [-0.1, -0.05) is 18.2 Å². The van der Waals surface area contributed by atoms with E-state index in [1.54, 1.807) is 0 Å². The van der Waals surface area contributed by atoms with Gasteiger partial charge in [0.1, 0.15) is 13.2 Å². The lowest BCUT2D eigenvalue weighted by atomic mass is 10.1. The number of rotatable bonds is 5. The number of ether oxygens (including phenoxy) is 2. The minimum Gasteiger partial charge on any atom is -0.486 e. The minimum absolute atomic E-state index is 0.0630. The van der Waals surface area contributed by atoms with E-state index in [9.17, 15) is 4.79 Å². The number of benzene rings is 2. The molecule has 27 heavy (non-hydrogen) atoms. The number of carbonyl (C=O) groups is 1. The Morgan fingerprint density at radius 1 is 1.15 bits per heavy atom. The van der Waals surface area contributed by atoms with E-state index in [2.05, 4.69) is 10.3 Å². The topological polar surface area (TPSA) is 60.5 Å². The molecule has 1 aliphatic rings. The molecule has 1 aromatic heterocycles. The highest BCUT2D eigenvalue weighted by Crippen LogP contribution is 2.35. The zero-order valence-corrected chi connectivity index (χ0v) is 16.3. The Labute approximate surface area is 165 Å². The van der Waals surface area contributed by atoms with Gasteiger partial charge in [0.15, 0.2) is 16.6 Å². The average molecular weight is 399 g/mol. The number of aromatic nitrogens is 1. The SMILES string of the molecule is CC(Sc1ccccc1)C(=O)Nc1nc(-c2ccc3c(c2)OCCO3)cs1. The lowest BCUT2D eigenvalue weighted by Crippen LogP contribution is -2.22. The summed E-state index contributed by atoms with van der Waals surface area (Å²) in [5.41, 5.74) is 1.73.